The predicted molar refractivity (Wildman–Crippen MR) is 115 cm³/mol. The monoisotopic (exact) mass is 401 g/mol. The van der Waals surface area contributed by atoms with Gasteiger partial charge in [-0.2, -0.15) is 0 Å². The molecule has 142 valence electrons. The smallest absolute Gasteiger partial charge is 0.252 e. The van der Waals surface area contributed by atoms with E-state index >= 15 is 0 Å². The zero-order chi connectivity index (χ0) is 19.2. The van der Waals surface area contributed by atoms with E-state index in [0.29, 0.717) is 18.3 Å². The van der Waals surface area contributed by atoms with Crippen LogP contribution in [0.5, 0.6) is 5.75 Å². The average molecular weight is 402 g/mol. The van der Waals surface area contributed by atoms with Crippen LogP contribution in [0.3, 0.4) is 0 Å². The number of ether oxygens (including phenoxy) is 1. The first-order valence-corrected chi connectivity index (χ1v) is 10.5. The maximum atomic E-state index is 12.9. The summed E-state index contributed by atoms with van der Waals surface area (Å²) in [5.74, 6) is 0.762. The number of benzene rings is 1. The van der Waals surface area contributed by atoms with Gasteiger partial charge in [0, 0.05) is 24.0 Å². The summed E-state index contributed by atoms with van der Waals surface area (Å²) in [5, 5.41) is 2.71. The number of thiazole rings is 1. The maximum absolute atomic E-state index is 12.9. The lowest BCUT2D eigenvalue weighted by atomic mass is 10.3. The fourth-order valence-electron chi connectivity index (χ4n) is 2.49. The van der Waals surface area contributed by atoms with E-state index in [1.807, 2.05) is 62.8 Å². The number of hydrogen-bond donors (Lipinski definition) is 0. The Balaban J connectivity index is 1.87. The average Bonchev–Trinajstić information content (AvgIpc) is 3.29. The molecule has 0 atom stereocenters. The van der Waals surface area contributed by atoms with Crippen molar-refractivity contribution in [3.05, 3.63) is 46.7 Å². The Morgan fingerprint density at radius 1 is 1.26 bits per heavy atom. The molecular weight excluding hydrogens is 378 g/mol. The number of anilines is 1. The molecule has 27 heavy (non-hydrogen) atoms. The van der Waals surface area contributed by atoms with Gasteiger partial charge in [-0.3, -0.25) is 9.69 Å². The number of carbonyl (C=O) groups is 1. The van der Waals surface area contributed by atoms with Crippen LogP contribution >= 0.6 is 22.7 Å². The first-order chi connectivity index (χ1) is 13.1. The largest absolute Gasteiger partial charge is 0.494 e. The van der Waals surface area contributed by atoms with Gasteiger partial charge in [0.2, 0.25) is 0 Å². The SMILES string of the molecule is CCOc1ccc2nc(N(CCN(C)C)C(=O)C=Cc3cccs3)sc2c1. The number of fused-ring (bicyclic) bond motifs is 1. The van der Waals surface area contributed by atoms with Gasteiger partial charge in [-0.05, 0) is 56.7 Å². The van der Waals surface area contributed by atoms with Crippen molar-refractivity contribution in [3.8, 4) is 5.75 Å². The molecule has 0 aliphatic carbocycles. The Morgan fingerprint density at radius 2 is 2.11 bits per heavy atom. The van der Waals surface area contributed by atoms with Crippen molar-refractivity contribution in [2.75, 3.05) is 38.7 Å². The molecule has 0 saturated heterocycles. The summed E-state index contributed by atoms with van der Waals surface area (Å²) >= 11 is 3.12. The summed E-state index contributed by atoms with van der Waals surface area (Å²) in [6.45, 7) is 3.93. The van der Waals surface area contributed by atoms with Crippen molar-refractivity contribution in [3.63, 3.8) is 0 Å². The van der Waals surface area contributed by atoms with Crippen molar-refractivity contribution in [2.45, 2.75) is 6.92 Å². The van der Waals surface area contributed by atoms with Gasteiger partial charge in [0.25, 0.3) is 5.91 Å². The number of likely N-dealkylation sites (N-methyl/N-ethyl adjacent to an activating group) is 1. The van der Waals surface area contributed by atoms with E-state index in [1.54, 1.807) is 22.3 Å². The van der Waals surface area contributed by atoms with Crippen LogP contribution in [0, 0.1) is 0 Å². The van der Waals surface area contributed by atoms with Crippen molar-refractivity contribution in [2.24, 2.45) is 0 Å². The lowest BCUT2D eigenvalue weighted by Crippen LogP contribution is -2.35. The molecule has 0 aliphatic rings. The second-order valence-electron chi connectivity index (χ2n) is 6.20. The normalized spacial score (nSPS) is 11.6. The predicted octanol–water partition coefficient (Wildman–Crippen LogP) is 4.36. The molecule has 3 rings (SSSR count). The van der Waals surface area contributed by atoms with E-state index in [1.165, 1.54) is 11.3 Å². The third-order valence-electron chi connectivity index (χ3n) is 3.86. The minimum Gasteiger partial charge on any atom is -0.494 e. The summed E-state index contributed by atoms with van der Waals surface area (Å²) < 4.78 is 6.59. The molecule has 2 heterocycles. The van der Waals surface area contributed by atoms with Crippen LogP contribution in [0.25, 0.3) is 16.3 Å². The van der Waals surface area contributed by atoms with E-state index in [0.717, 1.165) is 27.4 Å². The molecule has 7 heteroatoms. The van der Waals surface area contributed by atoms with E-state index in [4.69, 9.17) is 4.74 Å². The molecule has 3 aromatic rings. The number of hydrogen-bond acceptors (Lipinski definition) is 6. The lowest BCUT2D eigenvalue weighted by molar-refractivity contribution is -0.114. The summed E-state index contributed by atoms with van der Waals surface area (Å²) in [6, 6.07) is 9.80. The third-order valence-corrected chi connectivity index (χ3v) is 5.74. The van der Waals surface area contributed by atoms with Gasteiger partial charge >= 0.3 is 0 Å². The Hall–Kier alpha value is -2.22. The summed E-state index contributed by atoms with van der Waals surface area (Å²) in [4.78, 5) is 22.4. The van der Waals surface area contributed by atoms with E-state index in [-0.39, 0.29) is 5.91 Å². The van der Waals surface area contributed by atoms with Gasteiger partial charge in [0.15, 0.2) is 5.13 Å². The molecule has 2 aromatic heterocycles. The van der Waals surface area contributed by atoms with E-state index < -0.39 is 0 Å². The number of nitrogens with zero attached hydrogens (tertiary/aromatic N) is 3. The zero-order valence-corrected chi connectivity index (χ0v) is 17.3. The summed E-state index contributed by atoms with van der Waals surface area (Å²) in [7, 11) is 3.99. The molecule has 0 bridgehead atoms. The number of carbonyl (C=O) groups excluding carboxylic acids is 1. The van der Waals surface area contributed by atoms with Gasteiger partial charge in [-0.15, -0.1) is 11.3 Å². The van der Waals surface area contributed by atoms with Crippen LogP contribution < -0.4 is 9.64 Å². The van der Waals surface area contributed by atoms with Crippen molar-refractivity contribution in [1.29, 1.82) is 0 Å². The summed E-state index contributed by atoms with van der Waals surface area (Å²) in [5.41, 5.74) is 0.878. The zero-order valence-electron chi connectivity index (χ0n) is 15.7. The Morgan fingerprint density at radius 3 is 2.81 bits per heavy atom. The van der Waals surface area contributed by atoms with Crippen molar-refractivity contribution >= 4 is 50.0 Å². The van der Waals surface area contributed by atoms with Crippen LogP contribution in [0.4, 0.5) is 5.13 Å². The summed E-state index contributed by atoms with van der Waals surface area (Å²) in [6.07, 6.45) is 3.48. The molecule has 0 unspecified atom stereocenters. The quantitative estimate of drug-likeness (QED) is 0.526. The van der Waals surface area contributed by atoms with Gasteiger partial charge in [0.05, 0.1) is 16.8 Å². The van der Waals surface area contributed by atoms with Gasteiger partial charge in [-0.1, -0.05) is 17.4 Å². The van der Waals surface area contributed by atoms with Gasteiger partial charge < -0.3 is 9.64 Å². The highest BCUT2D eigenvalue weighted by Gasteiger charge is 2.18. The van der Waals surface area contributed by atoms with Crippen molar-refractivity contribution in [1.82, 2.24) is 9.88 Å². The second-order valence-corrected chi connectivity index (χ2v) is 8.19. The van der Waals surface area contributed by atoms with Crippen molar-refractivity contribution < 1.29 is 9.53 Å². The van der Waals surface area contributed by atoms with E-state index in [2.05, 4.69) is 9.88 Å². The molecule has 0 saturated carbocycles. The minimum atomic E-state index is -0.0608. The highest BCUT2D eigenvalue weighted by molar-refractivity contribution is 7.22. The second kappa shape index (κ2) is 9.12. The highest BCUT2D eigenvalue weighted by Crippen LogP contribution is 2.31. The molecule has 0 aliphatic heterocycles. The fraction of sp³-hybridized carbons (Fsp3) is 0.300. The fourth-order valence-corrected chi connectivity index (χ4v) is 4.14. The van der Waals surface area contributed by atoms with Gasteiger partial charge in [-0.25, -0.2) is 4.98 Å². The Kier molecular flexibility index (Phi) is 6.60. The molecule has 1 aromatic carbocycles. The topological polar surface area (TPSA) is 45.7 Å². The van der Waals surface area contributed by atoms with Crippen LogP contribution in [-0.2, 0) is 4.79 Å². The minimum absolute atomic E-state index is 0.0608. The lowest BCUT2D eigenvalue weighted by Gasteiger charge is -2.20. The Labute approximate surface area is 167 Å². The van der Waals surface area contributed by atoms with Crippen LogP contribution in [-0.4, -0.2) is 49.6 Å². The standard InChI is InChI=1S/C20H23N3O2S2/c1-4-25-15-7-9-17-18(14-15)27-20(21-17)23(12-11-22(2)3)19(24)10-8-16-6-5-13-26-16/h5-10,13-14H,4,11-12H2,1-3H3. The first kappa shape index (κ1) is 19.5. The van der Waals surface area contributed by atoms with Crippen LogP contribution in [0.15, 0.2) is 41.8 Å². The molecule has 0 spiro atoms. The van der Waals surface area contributed by atoms with Crippen LogP contribution in [0.2, 0.25) is 0 Å². The molecule has 1 amide bonds. The first-order valence-electron chi connectivity index (χ1n) is 8.78. The Bertz CT molecular complexity index is 917. The molecular formula is C20H23N3O2S2. The molecule has 0 fully saturated rings. The van der Waals surface area contributed by atoms with E-state index in [9.17, 15) is 4.79 Å². The molecule has 5 nitrogen and oxygen atoms in total. The van der Waals surface area contributed by atoms with Gasteiger partial charge in [0.1, 0.15) is 5.75 Å². The number of thiophene rings is 1. The van der Waals surface area contributed by atoms with Crippen LogP contribution in [0.1, 0.15) is 11.8 Å². The molecule has 0 N–H and O–H groups in total. The highest BCUT2D eigenvalue weighted by atomic mass is 32.1. The number of aromatic nitrogens is 1. The number of amides is 1. The maximum Gasteiger partial charge on any atom is 0.252 e. The third kappa shape index (κ3) is 5.15. The molecule has 0 radical (unpaired) electrons. The number of rotatable bonds is 8.